The van der Waals surface area contributed by atoms with Crippen molar-refractivity contribution in [2.45, 2.75) is 44.4 Å². The highest BCUT2D eigenvalue weighted by atomic mass is 16.5. The van der Waals surface area contributed by atoms with Gasteiger partial charge in [0.15, 0.2) is 0 Å². The summed E-state index contributed by atoms with van der Waals surface area (Å²) in [6, 6.07) is 0. The summed E-state index contributed by atoms with van der Waals surface area (Å²) in [5, 5.41) is 0. The molecule has 0 bridgehead atoms. The quantitative estimate of drug-likeness (QED) is 0.789. The first-order valence-corrected chi connectivity index (χ1v) is 6.76. The molecule has 1 saturated carbocycles. The van der Waals surface area contributed by atoms with Gasteiger partial charge >= 0.3 is 11.9 Å². The van der Waals surface area contributed by atoms with Gasteiger partial charge in [0.1, 0.15) is 0 Å². The monoisotopic (exact) mass is 281 g/mol. The Morgan fingerprint density at radius 2 is 1.80 bits per heavy atom. The topological polar surface area (TPSA) is 78.6 Å². The lowest BCUT2D eigenvalue weighted by atomic mass is 9.83. The molecule has 1 aromatic heterocycles. The summed E-state index contributed by atoms with van der Waals surface area (Å²) >= 11 is 0. The highest BCUT2D eigenvalue weighted by Crippen LogP contribution is 2.43. The average molecular weight is 281 g/mol. The maximum absolute atomic E-state index is 11.7. The zero-order chi connectivity index (χ0) is 14.8. The van der Waals surface area contributed by atoms with E-state index in [2.05, 4.69) is 21.4 Å². The molecule has 1 fully saturated rings. The van der Waals surface area contributed by atoms with Gasteiger partial charge in [0.05, 0.1) is 14.2 Å². The zero-order valence-electron chi connectivity index (χ0n) is 12.0. The Morgan fingerprint density at radius 1 is 1.20 bits per heavy atom. The van der Waals surface area contributed by atoms with Gasteiger partial charge in [-0.15, -0.1) is 0 Å². The molecular weight excluding hydrogens is 262 g/mol. The molecule has 20 heavy (non-hydrogen) atoms. The Labute approximate surface area is 117 Å². The highest BCUT2D eigenvalue weighted by molar-refractivity contribution is 5.99. The van der Waals surface area contributed by atoms with Gasteiger partial charge in [0, 0.05) is 5.41 Å². The summed E-state index contributed by atoms with van der Waals surface area (Å²) in [7, 11) is 2.47. The number of ether oxygens (including phenoxy) is 2. The van der Waals surface area contributed by atoms with E-state index in [1.54, 1.807) is 0 Å². The van der Waals surface area contributed by atoms with Crippen LogP contribution in [0.25, 0.3) is 0 Å². The van der Waals surface area contributed by atoms with E-state index >= 15 is 0 Å². The lowest BCUT2D eigenvalue weighted by molar-refractivity contribution is 0.0524. The molecule has 6 heteroatoms. The smallest absolute Gasteiger partial charge is 0.376 e. The van der Waals surface area contributed by atoms with Gasteiger partial charge < -0.3 is 13.9 Å². The summed E-state index contributed by atoms with van der Waals surface area (Å²) in [6.45, 7) is 2.06. The van der Waals surface area contributed by atoms with Gasteiger partial charge in [0.25, 0.3) is 0 Å². The average Bonchev–Trinajstić information content (AvgIpc) is 3.12. The fourth-order valence-corrected chi connectivity index (χ4v) is 2.78. The van der Waals surface area contributed by atoms with E-state index in [0.717, 1.165) is 32.1 Å². The molecule has 0 saturated heterocycles. The summed E-state index contributed by atoms with van der Waals surface area (Å²) < 4.78 is 14.9. The first-order chi connectivity index (χ1) is 9.57. The van der Waals surface area contributed by atoms with Gasteiger partial charge in [-0.1, -0.05) is 19.8 Å². The molecule has 1 aromatic rings. The molecule has 110 valence electrons. The van der Waals surface area contributed by atoms with Gasteiger partial charge in [-0.3, -0.25) is 0 Å². The third kappa shape index (κ3) is 2.30. The van der Waals surface area contributed by atoms with E-state index in [0.29, 0.717) is 5.89 Å². The molecule has 0 unspecified atom stereocenters. The Balaban J connectivity index is 2.48. The van der Waals surface area contributed by atoms with Crippen molar-refractivity contribution in [2.24, 2.45) is 0 Å². The largest absolute Gasteiger partial charge is 0.464 e. The first-order valence-electron chi connectivity index (χ1n) is 6.76. The molecule has 0 atom stereocenters. The van der Waals surface area contributed by atoms with Crippen molar-refractivity contribution in [3.05, 3.63) is 17.3 Å². The second-order valence-electron chi connectivity index (χ2n) is 5.02. The number of esters is 2. The van der Waals surface area contributed by atoms with Crippen molar-refractivity contribution in [3.63, 3.8) is 0 Å². The molecule has 0 N–H and O–H groups in total. The molecule has 1 aliphatic rings. The Kier molecular flexibility index (Phi) is 4.11. The third-order valence-electron chi connectivity index (χ3n) is 4.07. The van der Waals surface area contributed by atoms with E-state index in [1.807, 2.05) is 0 Å². The maximum atomic E-state index is 11.7. The van der Waals surface area contributed by atoms with Crippen LogP contribution in [0.4, 0.5) is 0 Å². The number of carbonyl (C=O) groups excluding carboxylic acids is 2. The number of hydrogen-bond donors (Lipinski definition) is 0. The van der Waals surface area contributed by atoms with E-state index in [9.17, 15) is 9.59 Å². The number of carbonyl (C=O) groups is 2. The molecular formula is C14H19NO5. The third-order valence-corrected chi connectivity index (χ3v) is 4.07. The molecule has 2 rings (SSSR count). The van der Waals surface area contributed by atoms with Crippen molar-refractivity contribution in [1.29, 1.82) is 0 Å². The minimum Gasteiger partial charge on any atom is -0.464 e. The molecule has 6 nitrogen and oxygen atoms in total. The fraction of sp³-hybridized carbons (Fsp3) is 0.643. The van der Waals surface area contributed by atoms with Crippen LogP contribution in [0.1, 0.15) is 66.0 Å². The van der Waals surface area contributed by atoms with Crippen LogP contribution >= 0.6 is 0 Å². The Morgan fingerprint density at radius 3 is 2.30 bits per heavy atom. The van der Waals surface area contributed by atoms with Crippen LogP contribution in [-0.4, -0.2) is 31.1 Å². The second kappa shape index (κ2) is 5.64. The van der Waals surface area contributed by atoms with Crippen LogP contribution in [0.3, 0.4) is 0 Å². The fourth-order valence-electron chi connectivity index (χ4n) is 2.78. The number of rotatable bonds is 4. The van der Waals surface area contributed by atoms with Crippen molar-refractivity contribution < 1.29 is 23.5 Å². The minimum atomic E-state index is -0.714. The van der Waals surface area contributed by atoms with E-state index in [-0.39, 0.29) is 16.9 Å². The predicted octanol–water partition coefficient (Wildman–Crippen LogP) is 2.47. The molecule has 1 heterocycles. The number of methoxy groups -OCH3 is 2. The Hall–Kier alpha value is -1.85. The number of aromatic nitrogens is 1. The second-order valence-corrected chi connectivity index (χ2v) is 5.02. The molecule has 0 amide bonds. The molecule has 0 spiro atoms. The molecule has 0 aromatic carbocycles. The van der Waals surface area contributed by atoms with Crippen LogP contribution < -0.4 is 0 Å². The van der Waals surface area contributed by atoms with E-state index in [1.165, 1.54) is 14.2 Å². The first kappa shape index (κ1) is 14.6. The lowest BCUT2D eigenvalue weighted by Gasteiger charge is -2.22. The van der Waals surface area contributed by atoms with Crippen LogP contribution in [0.15, 0.2) is 4.42 Å². The van der Waals surface area contributed by atoms with Gasteiger partial charge in [0.2, 0.25) is 17.3 Å². The Bertz CT molecular complexity index is 480. The summed E-state index contributed by atoms with van der Waals surface area (Å²) in [6.07, 6.45) is 4.94. The van der Waals surface area contributed by atoms with Crippen LogP contribution in [0, 0.1) is 0 Å². The van der Waals surface area contributed by atoms with E-state index in [4.69, 9.17) is 4.42 Å². The van der Waals surface area contributed by atoms with Gasteiger partial charge in [-0.2, -0.15) is 0 Å². The molecule has 1 aliphatic carbocycles. The van der Waals surface area contributed by atoms with Crippen LogP contribution in [-0.2, 0) is 14.9 Å². The SMILES string of the molecule is CCC1(c2nc(C(=O)OC)c(C(=O)OC)o2)CCCC1. The van der Waals surface area contributed by atoms with Crippen molar-refractivity contribution in [2.75, 3.05) is 14.2 Å². The van der Waals surface area contributed by atoms with Crippen molar-refractivity contribution in [1.82, 2.24) is 4.98 Å². The van der Waals surface area contributed by atoms with Crippen molar-refractivity contribution >= 4 is 11.9 Å². The van der Waals surface area contributed by atoms with Crippen LogP contribution in [0.2, 0.25) is 0 Å². The summed E-state index contributed by atoms with van der Waals surface area (Å²) in [4.78, 5) is 27.7. The van der Waals surface area contributed by atoms with Gasteiger partial charge in [-0.05, 0) is 19.3 Å². The van der Waals surface area contributed by atoms with E-state index < -0.39 is 11.9 Å². The van der Waals surface area contributed by atoms with Crippen LogP contribution in [0.5, 0.6) is 0 Å². The molecule has 0 aliphatic heterocycles. The van der Waals surface area contributed by atoms with Gasteiger partial charge in [-0.25, -0.2) is 14.6 Å². The summed E-state index contributed by atoms with van der Waals surface area (Å²) in [5.74, 6) is -1.13. The number of nitrogens with zero attached hydrogens (tertiary/aromatic N) is 1. The number of oxazole rings is 1. The zero-order valence-corrected chi connectivity index (χ0v) is 12.0. The molecule has 0 radical (unpaired) electrons. The highest BCUT2D eigenvalue weighted by Gasteiger charge is 2.41. The van der Waals surface area contributed by atoms with Crippen molar-refractivity contribution in [3.8, 4) is 0 Å². The number of hydrogen-bond acceptors (Lipinski definition) is 6. The summed E-state index contributed by atoms with van der Waals surface area (Å²) in [5.41, 5.74) is -0.288. The minimum absolute atomic E-state index is 0.103. The predicted molar refractivity (Wildman–Crippen MR) is 69.6 cm³/mol. The maximum Gasteiger partial charge on any atom is 0.376 e. The normalized spacial score (nSPS) is 16.9. The lowest BCUT2D eigenvalue weighted by Crippen LogP contribution is -2.21. The standard InChI is InChI=1S/C14H19NO5/c1-4-14(7-5-6-8-14)13-15-9(11(16)18-2)10(20-13)12(17)19-3/h4-8H2,1-3H3.